The van der Waals surface area contributed by atoms with E-state index in [9.17, 15) is 9.90 Å². The minimum Gasteiger partial charge on any atom is -0.507 e. The molecule has 0 radical (unpaired) electrons. The van der Waals surface area contributed by atoms with Crippen molar-refractivity contribution in [3.05, 3.63) is 52.5 Å². The zero-order chi connectivity index (χ0) is 13.1. The quantitative estimate of drug-likeness (QED) is 0.895. The van der Waals surface area contributed by atoms with Crippen molar-refractivity contribution in [3.8, 4) is 5.75 Å². The normalized spacial score (nSPS) is 10.3. The predicted molar refractivity (Wildman–Crippen MR) is 73.3 cm³/mol. The Kier molecular flexibility index (Phi) is 3.93. The summed E-state index contributed by atoms with van der Waals surface area (Å²) in [7, 11) is 0. The fourth-order valence-corrected chi connectivity index (χ4v) is 2.74. The molecule has 0 heterocycles. The second kappa shape index (κ2) is 5.46. The Hall–Kier alpha value is -1.46. The summed E-state index contributed by atoms with van der Waals surface area (Å²) < 4.78 is 0.634. The third kappa shape index (κ3) is 3.05. The Labute approximate surface area is 117 Å². The van der Waals surface area contributed by atoms with Gasteiger partial charge in [-0.25, -0.2) is 4.79 Å². The highest BCUT2D eigenvalue weighted by Gasteiger charge is 2.04. The molecule has 0 amide bonds. The van der Waals surface area contributed by atoms with E-state index in [1.54, 1.807) is 36.4 Å². The Morgan fingerprint density at radius 3 is 2.22 bits per heavy atom. The van der Waals surface area contributed by atoms with Crippen molar-refractivity contribution in [1.29, 1.82) is 0 Å². The number of carboxylic acids is 1. The average molecular weight is 325 g/mol. The zero-order valence-electron chi connectivity index (χ0n) is 9.13. The van der Waals surface area contributed by atoms with E-state index >= 15 is 0 Å². The molecule has 0 spiro atoms. The molecule has 0 atom stereocenters. The molecular weight excluding hydrogens is 316 g/mol. The van der Waals surface area contributed by atoms with Gasteiger partial charge >= 0.3 is 5.97 Å². The van der Waals surface area contributed by atoms with Crippen LogP contribution in [-0.2, 0) is 0 Å². The first-order valence-corrected chi connectivity index (χ1v) is 6.67. The van der Waals surface area contributed by atoms with Gasteiger partial charge in [0.05, 0.1) is 10.0 Å². The number of carbonyl (C=O) groups is 1. The largest absolute Gasteiger partial charge is 0.507 e. The Bertz CT molecular complexity index is 581. The van der Waals surface area contributed by atoms with Crippen molar-refractivity contribution in [2.24, 2.45) is 0 Å². The predicted octanol–water partition coefficient (Wildman–Crippen LogP) is 4.00. The molecule has 0 aromatic heterocycles. The van der Waals surface area contributed by atoms with Gasteiger partial charge in [0, 0.05) is 9.79 Å². The third-order valence-electron chi connectivity index (χ3n) is 2.26. The number of phenolic OH excluding ortho intramolecular Hbond substituents is 1. The molecule has 2 N–H and O–H groups in total. The van der Waals surface area contributed by atoms with Crippen LogP contribution in [0.4, 0.5) is 0 Å². The first kappa shape index (κ1) is 13.0. The molecule has 0 aliphatic heterocycles. The van der Waals surface area contributed by atoms with Crippen molar-refractivity contribution >= 4 is 33.7 Å². The van der Waals surface area contributed by atoms with Gasteiger partial charge < -0.3 is 10.2 Å². The van der Waals surface area contributed by atoms with Gasteiger partial charge in [0.15, 0.2) is 0 Å². The lowest BCUT2D eigenvalue weighted by atomic mass is 10.2. The first-order valence-electron chi connectivity index (χ1n) is 5.06. The van der Waals surface area contributed by atoms with Crippen LogP contribution < -0.4 is 0 Å². The fraction of sp³-hybridized carbons (Fsp3) is 0. The van der Waals surface area contributed by atoms with E-state index in [-0.39, 0.29) is 11.3 Å². The molecule has 0 aliphatic carbocycles. The third-order valence-corrected chi connectivity index (χ3v) is 3.89. The maximum atomic E-state index is 10.7. The van der Waals surface area contributed by atoms with Gasteiger partial charge in [-0.1, -0.05) is 11.8 Å². The Morgan fingerprint density at radius 2 is 1.67 bits per heavy atom. The van der Waals surface area contributed by atoms with E-state index in [2.05, 4.69) is 15.9 Å². The molecule has 0 bridgehead atoms. The van der Waals surface area contributed by atoms with E-state index < -0.39 is 5.97 Å². The number of benzene rings is 2. The average Bonchev–Trinajstić information content (AvgIpc) is 2.34. The van der Waals surface area contributed by atoms with Crippen molar-refractivity contribution < 1.29 is 15.0 Å². The molecular formula is C13H9BrO3S. The number of aromatic hydroxyl groups is 1. The van der Waals surface area contributed by atoms with Gasteiger partial charge in [-0.3, -0.25) is 0 Å². The maximum absolute atomic E-state index is 10.7. The summed E-state index contributed by atoms with van der Waals surface area (Å²) in [6.45, 7) is 0. The highest BCUT2D eigenvalue weighted by atomic mass is 79.9. The van der Waals surface area contributed by atoms with Crippen LogP contribution in [-0.4, -0.2) is 16.2 Å². The molecule has 3 nitrogen and oxygen atoms in total. The number of hydrogen-bond acceptors (Lipinski definition) is 3. The monoisotopic (exact) mass is 324 g/mol. The second-order valence-corrected chi connectivity index (χ2v) is 5.55. The number of rotatable bonds is 3. The van der Waals surface area contributed by atoms with Crippen molar-refractivity contribution in [1.82, 2.24) is 0 Å². The maximum Gasteiger partial charge on any atom is 0.335 e. The number of carboxylic acid groups (broad SMARTS) is 1. The van der Waals surface area contributed by atoms with Crippen LogP contribution in [0, 0.1) is 0 Å². The van der Waals surface area contributed by atoms with Gasteiger partial charge in [0.25, 0.3) is 0 Å². The van der Waals surface area contributed by atoms with Gasteiger partial charge in [-0.15, -0.1) is 0 Å². The van der Waals surface area contributed by atoms with Crippen LogP contribution >= 0.6 is 27.7 Å². The highest BCUT2D eigenvalue weighted by Crippen LogP contribution is 2.33. The molecule has 2 rings (SSSR count). The molecule has 5 heteroatoms. The molecule has 0 saturated carbocycles. The van der Waals surface area contributed by atoms with E-state index in [0.717, 1.165) is 9.79 Å². The zero-order valence-corrected chi connectivity index (χ0v) is 11.5. The molecule has 0 unspecified atom stereocenters. The summed E-state index contributed by atoms with van der Waals surface area (Å²) >= 11 is 4.75. The number of halogens is 1. The molecule has 92 valence electrons. The lowest BCUT2D eigenvalue weighted by molar-refractivity contribution is 0.0697. The minimum absolute atomic E-state index is 0.195. The van der Waals surface area contributed by atoms with Crippen molar-refractivity contribution in [3.63, 3.8) is 0 Å². The van der Waals surface area contributed by atoms with Gasteiger partial charge in [0.2, 0.25) is 0 Å². The van der Waals surface area contributed by atoms with Crippen molar-refractivity contribution in [2.45, 2.75) is 9.79 Å². The Balaban J connectivity index is 2.18. The number of aromatic carboxylic acids is 1. The minimum atomic E-state index is -0.932. The summed E-state index contributed by atoms with van der Waals surface area (Å²) in [5.41, 5.74) is 0.270. The Morgan fingerprint density at radius 1 is 1.06 bits per heavy atom. The molecule has 0 aliphatic rings. The summed E-state index contributed by atoms with van der Waals surface area (Å²) in [6.07, 6.45) is 0. The van der Waals surface area contributed by atoms with Crippen LogP contribution in [0.15, 0.2) is 56.7 Å². The summed E-state index contributed by atoms with van der Waals surface area (Å²) in [4.78, 5) is 12.6. The van der Waals surface area contributed by atoms with E-state index in [4.69, 9.17) is 5.11 Å². The first-order chi connectivity index (χ1) is 8.56. The van der Waals surface area contributed by atoms with E-state index in [1.165, 1.54) is 11.8 Å². The summed E-state index contributed by atoms with van der Waals surface area (Å²) in [6, 6.07) is 11.9. The smallest absolute Gasteiger partial charge is 0.335 e. The van der Waals surface area contributed by atoms with Crippen LogP contribution in [0.5, 0.6) is 5.75 Å². The van der Waals surface area contributed by atoms with E-state index in [1.807, 2.05) is 6.07 Å². The van der Waals surface area contributed by atoms with Crippen molar-refractivity contribution in [2.75, 3.05) is 0 Å². The van der Waals surface area contributed by atoms with Crippen LogP contribution in [0.1, 0.15) is 10.4 Å². The fourth-order valence-electron chi connectivity index (χ4n) is 1.35. The highest BCUT2D eigenvalue weighted by molar-refractivity contribution is 9.10. The number of hydrogen-bond donors (Lipinski definition) is 2. The van der Waals surface area contributed by atoms with Gasteiger partial charge in [-0.2, -0.15) is 0 Å². The SMILES string of the molecule is O=C(O)c1ccc(Sc2ccc(O)c(Br)c2)cc1. The van der Waals surface area contributed by atoms with Gasteiger partial charge in [-0.05, 0) is 58.4 Å². The molecule has 18 heavy (non-hydrogen) atoms. The van der Waals surface area contributed by atoms with Crippen LogP contribution in [0.3, 0.4) is 0 Å². The molecule has 2 aromatic rings. The van der Waals surface area contributed by atoms with Gasteiger partial charge in [0.1, 0.15) is 5.75 Å². The standard InChI is InChI=1S/C13H9BrO3S/c14-11-7-10(5-6-12(11)15)18-9-3-1-8(2-4-9)13(16)17/h1-7,15H,(H,16,17). The lowest BCUT2D eigenvalue weighted by Gasteiger charge is -2.04. The molecule has 0 fully saturated rings. The van der Waals surface area contributed by atoms with E-state index in [0.29, 0.717) is 4.47 Å². The van der Waals surface area contributed by atoms with Crippen LogP contribution in [0.25, 0.3) is 0 Å². The topological polar surface area (TPSA) is 57.5 Å². The number of phenols is 1. The summed E-state index contributed by atoms with van der Waals surface area (Å²) in [5, 5.41) is 18.2. The molecule has 2 aromatic carbocycles. The lowest BCUT2D eigenvalue weighted by Crippen LogP contribution is -1.94. The van der Waals surface area contributed by atoms with Crippen LogP contribution in [0.2, 0.25) is 0 Å². The molecule has 0 saturated heterocycles. The second-order valence-electron chi connectivity index (χ2n) is 3.54. The summed E-state index contributed by atoms with van der Waals surface area (Å²) in [5.74, 6) is -0.737.